The lowest BCUT2D eigenvalue weighted by Gasteiger charge is -2.03. The Labute approximate surface area is 60.8 Å². The van der Waals surface area contributed by atoms with Gasteiger partial charge < -0.3 is 10.5 Å². The van der Waals surface area contributed by atoms with Crippen LogP contribution in [0.25, 0.3) is 0 Å². The van der Waals surface area contributed by atoms with Crippen molar-refractivity contribution in [2.75, 3.05) is 13.2 Å². The number of halogens is 1. The molecule has 0 bridgehead atoms. The Hall–Kier alpha value is -0.470. The van der Waals surface area contributed by atoms with Gasteiger partial charge in [-0.15, -0.1) is 12.4 Å². The van der Waals surface area contributed by atoms with Gasteiger partial charge in [-0.25, -0.2) is 0 Å². The Balaban J connectivity index is 0.000000640. The molecule has 2 N–H and O–H groups in total. The van der Waals surface area contributed by atoms with E-state index in [-0.39, 0.29) is 12.4 Å². The van der Waals surface area contributed by atoms with E-state index in [9.17, 15) is 0 Å². The summed E-state index contributed by atoms with van der Waals surface area (Å²) in [6, 6.07) is 0. The summed E-state index contributed by atoms with van der Waals surface area (Å²) < 4.78 is 4.89. The first kappa shape index (κ1) is 8.53. The van der Waals surface area contributed by atoms with Crippen LogP contribution in [0.15, 0.2) is 24.0 Å². The summed E-state index contributed by atoms with van der Waals surface area (Å²) in [5.74, 6) is 0. The molecule has 0 aliphatic carbocycles. The number of ether oxygens (including phenoxy) is 1. The number of rotatable bonds is 1. The van der Waals surface area contributed by atoms with Crippen molar-refractivity contribution in [2.45, 2.75) is 0 Å². The molecule has 2 nitrogen and oxygen atoms in total. The van der Waals surface area contributed by atoms with Crippen LogP contribution in [-0.4, -0.2) is 13.2 Å². The van der Waals surface area contributed by atoms with Crippen molar-refractivity contribution in [1.82, 2.24) is 0 Å². The molecule has 9 heavy (non-hydrogen) atoms. The van der Waals surface area contributed by atoms with Crippen molar-refractivity contribution in [2.24, 2.45) is 5.73 Å². The smallest absolute Gasteiger partial charge is 0.106 e. The standard InChI is InChI=1S/C6H9NO.ClH/c7-5-6-1-3-8-4-2-6;/h1-3H,4-5,7H2;1H. The van der Waals surface area contributed by atoms with Gasteiger partial charge in [0.05, 0.1) is 6.26 Å². The third-order valence-corrected chi connectivity index (χ3v) is 1.06. The van der Waals surface area contributed by atoms with E-state index in [0.717, 1.165) is 5.57 Å². The van der Waals surface area contributed by atoms with E-state index < -0.39 is 0 Å². The second-order valence-corrected chi connectivity index (χ2v) is 1.62. The van der Waals surface area contributed by atoms with Crippen LogP contribution in [0.3, 0.4) is 0 Å². The van der Waals surface area contributed by atoms with E-state index in [4.69, 9.17) is 10.5 Å². The van der Waals surface area contributed by atoms with Gasteiger partial charge in [0.25, 0.3) is 0 Å². The van der Waals surface area contributed by atoms with Crippen LogP contribution in [0, 0.1) is 0 Å². The Morgan fingerprint density at radius 2 is 2.44 bits per heavy atom. The number of hydrogen-bond acceptors (Lipinski definition) is 2. The highest BCUT2D eigenvalue weighted by Gasteiger charge is 1.91. The van der Waals surface area contributed by atoms with E-state index >= 15 is 0 Å². The average molecular weight is 148 g/mol. The fraction of sp³-hybridized carbons (Fsp3) is 0.333. The first-order valence-corrected chi connectivity index (χ1v) is 2.61. The van der Waals surface area contributed by atoms with Crippen molar-refractivity contribution in [3.63, 3.8) is 0 Å². The van der Waals surface area contributed by atoms with Crippen LogP contribution in [-0.2, 0) is 4.74 Å². The Morgan fingerprint density at radius 3 is 2.78 bits per heavy atom. The molecule has 0 fully saturated rings. The number of nitrogens with two attached hydrogens (primary N) is 1. The first-order chi connectivity index (χ1) is 3.93. The van der Waals surface area contributed by atoms with E-state index in [2.05, 4.69) is 0 Å². The molecule has 0 saturated carbocycles. The molecule has 1 heterocycles. The highest BCUT2D eigenvalue weighted by Crippen LogP contribution is 1.99. The van der Waals surface area contributed by atoms with Crippen LogP contribution >= 0.6 is 12.4 Å². The molecule has 0 radical (unpaired) electrons. The summed E-state index contributed by atoms with van der Waals surface area (Å²) in [6.45, 7) is 1.28. The van der Waals surface area contributed by atoms with Crippen molar-refractivity contribution >= 4 is 12.4 Å². The monoisotopic (exact) mass is 147 g/mol. The summed E-state index contributed by atoms with van der Waals surface area (Å²) in [7, 11) is 0. The lowest BCUT2D eigenvalue weighted by atomic mass is 10.2. The van der Waals surface area contributed by atoms with Crippen LogP contribution in [0.5, 0.6) is 0 Å². The summed E-state index contributed by atoms with van der Waals surface area (Å²) in [4.78, 5) is 0. The molecule has 1 aliphatic rings. The zero-order chi connectivity index (χ0) is 5.82. The zero-order valence-electron chi connectivity index (χ0n) is 5.04. The summed E-state index contributed by atoms with van der Waals surface area (Å²) in [6.07, 6.45) is 5.52. The predicted molar refractivity (Wildman–Crippen MR) is 39.5 cm³/mol. The molecule has 0 aromatic heterocycles. The van der Waals surface area contributed by atoms with Gasteiger partial charge in [0.2, 0.25) is 0 Å². The first-order valence-electron chi connectivity index (χ1n) is 2.61. The molecule has 1 aliphatic heterocycles. The van der Waals surface area contributed by atoms with Crippen LogP contribution in [0.4, 0.5) is 0 Å². The van der Waals surface area contributed by atoms with Crippen molar-refractivity contribution in [3.05, 3.63) is 24.0 Å². The summed E-state index contributed by atoms with van der Waals surface area (Å²) in [5, 5.41) is 0. The maximum Gasteiger partial charge on any atom is 0.106 e. The summed E-state index contributed by atoms with van der Waals surface area (Å²) >= 11 is 0. The van der Waals surface area contributed by atoms with Crippen molar-refractivity contribution < 1.29 is 4.74 Å². The van der Waals surface area contributed by atoms with Crippen LogP contribution in [0.1, 0.15) is 0 Å². The third-order valence-electron chi connectivity index (χ3n) is 1.06. The predicted octanol–water partition coefficient (Wildman–Crippen LogP) is 0.837. The molecule has 0 unspecified atom stereocenters. The van der Waals surface area contributed by atoms with Gasteiger partial charge >= 0.3 is 0 Å². The maximum absolute atomic E-state index is 5.33. The van der Waals surface area contributed by atoms with Gasteiger partial charge in [-0.1, -0.05) is 0 Å². The Kier molecular flexibility index (Phi) is 4.18. The second kappa shape index (κ2) is 4.41. The minimum absolute atomic E-state index is 0. The molecule has 0 atom stereocenters. The van der Waals surface area contributed by atoms with Crippen LogP contribution < -0.4 is 5.73 Å². The molecular weight excluding hydrogens is 138 g/mol. The zero-order valence-corrected chi connectivity index (χ0v) is 5.86. The van der Waals surface area contributed by atoms with E-state index in [0.29, 0.717) is 13.2 Å². The van der Waals surface area contributed by atoms with Crippen LogP contribution in [0.2, 0.25) is 0 Å². The van der Waals surface area contributed by atoms with Crippen molar-refractivity contribution in [1.29, 1.82) is 0 Å². The average Bonchev–Trinajstić information content (AvgIpc) is 1.90. The Morgan fingerprint density at radius 1 is 1.67 bits per heavy atom. The molecule has 3 heteroatoms. The molecule has 52 valence electrons. The SMILES string of the molecule is Cl.NCC1=CCOC=C1. The maximum atomic E-state index is 5.33. The largest absolute Gasteiger partial charge is 0.497 e. The molecular formula is C6H10ClNO. The van der Waals surface area contributed by atoms with Crippen molar-refractivity contribution in [3.8, 4) is 0 Å². The topological polar surface area (TPSA) is 35.2 Å². The second-order valence-electron chi connectivity index (χ2n) is 1.62. The van der Waals surface area contributed by atoms with Gasteiger partial charge in [-0.05, 0) is 17.7 Å². The highest BCUT2D eigenvalue weighted by molar-refractivity contribution is 5.85. The molecule has 0 aromatic carbocycles. The molecule has 0 saturated heterocycles. The summed E-state index contributed by atoms with van der Waals surface area (Å²) in [5.41, 5.74) is 6.48. The fourth-order valence-electron chi connectivity index (χ4n) is 0.566. The lowest BCUT2D eigenvalue weighted by molar-refractivity contribution is 0.284. The van der Waals surface area contributed by atoms with Gasteiger partial charge in [0, 0.05) is 6.54 Å². The van der Waals surface area contributed by atoms with Gasteiger partial charge in [-0.3, -0.25) is 0 Å². The fourth-order valence-corrected chi connectivity index (χ4v) is 0.566. The normalized spacial score (nSPS) is 15.4. The highest BCUT2D eigenvalue weighted by atomic mass is 35.5. The van der Waals surface area contributed by atoms with Gasteiger partial charge in [0.1, 0.15) is 6.61 Å². The van der Waals surface area contributed by atoms with Gasteiger partial charge in [-0.2, -0.15) is 0 Å². The quantitative estimate of drug-likeness (QED) is 0.597. The molecule has 1 rings (SSSR count). The Bertz CT molecular complexity index is 131. The number of hydrogen-bond donors (Lipinski definition) is 1. The van der Waals surface area contributed by atoms with Gasteiger partial charge in [0.15, 0.2) is 0 Å². The minimum atomic E-state index is 0. The van der Waals surface area contributed by atoms with E-state index in [1.165, 1.54) is 0 Å². The molecule has 0 spiro atoms. The molecule has 0 amide bonds. The van der Waals surface area contributed by atoms with E-state index in [1.54, 1.807) is 6.26 Å². The van der Waals surface area contributed by atoms with E-state index in [1.807, 2.05) is 12.2 Å². The third kappa shape index (κ3) is 2.54. The molecule has 0 aromatic rings. The lowest BCUT2D eigenvalue weighted by Crippen LogP contribution is -2.04. The minimum Gasteiger partial charge on any atom is -0.497 e.